The van der Waals surface area contributed by atoms with Gasteiger partial charge in [0.15, 0.2) is 34.4 Å². The molecule has 0 bridgehead atoms. The summed E-state index contributed by atoms with van der Waals surface area (Å²) >= 11 is 0. The van der Waals surface area contributed by atoms with E-state index in [-0.39, 0.29) is 25.5 Å². The highest BCUT2D eigenvalue weighted by atomic mass is 16.7. The van der Waals surface area contributed by atoms with Crippen molar-refractivity contribution in [2.24, 2.45) is 0 Å². The molecule has 2 heterocycles. The van der Waals surface area contributed by atoms with Crippen LogP contribution in [0.4, 0.5) is 5.69 Å². The number of benzene rings is 3. The van der Waals surface area contributed by atoms with Gasteiger partial charge in [-0.15, -0.1) is 0 Å². The Kier molecular flexibility index (Phi) is 6.12. The minimum absolute atomic E-state index is 0.162. The fraction of sp³-hybridized carbons (Fsp3) is 0.214. The van der Waals surface area contributed by atoms with Crippen molar-refractivity contribution in [1.29, 1.82) is 0 Å². The summed E-state index contributed by atoms with van der Waals surface area (Å²) in [6.07, 6.45) is 2.61. The molecule has 5 rings (SSSR count). The number of ether oxygens (including phenoxy) is 4. The highest BCUT2D eigenvalue weighted by Gasteiger charge is 2.50. The number of fused-ring (bicyclic) bond motifs is 2. The molecule has 0 saturated carbocycles. The lowest BCUT2D eigenvalue weighted by molar-refractivity contribution is -0.140. The van der Waals surface area contributed by atoms with E-state index in [0.29, 0.717) is 34.2 Å². The number of allylic oxidation sites excluding steroid dienone is 1. The van der Waals surface area contributed by atoms with Gasteiger partial charge in [-0.2, -0.15) is 0 Å². The minimum atomic E-state index is -1.97. The fourth-order valence-electron chi connectivity index (χ4n) is 4.51. The maximum absolute atomic E-state index is 13.5. The second-order valence-electron chi connectivity index (χ2n) is 8.55. The zero-order valence-corrected chi connectivity index (χ0v) is 19.9. The van der Waals surface area contributed by atoms with Gasteiger partial charge in [0.1, 0.15) is 0 Å². The maximum Gasteiger partial charge on any atom is 0.264 e. The Labute approximate surface area is 208 Å². The number of hydrogen-bond acceptors (Lipinski definition) is 7. The molecule has 3 aromatic carbocycles. The molecular weight excluding hydrogens is 462 g/mol. The average Bonchev–Trinajstić information content (AvgIpc) is 3.44. The van der Waals surface area contributed by atoms with Crippen molar-refractivity contribution in [3.05, 3.63) is 83.4 Å². The van der Waals surface area contributed by atoms with E-state index < -0.39 is 11.5 Å². The second-order valence-corrected chi connectivity index (χ2v) is 8.55. The van der Waals surface area contributed by atoms with E-state index in [1.165, 1.54) is 11.0 Å². The summed E-state index contributed by atoms with van der Waals surface area (Å²) in [6, 6.07) is 17.7. The van der Waals surface area contributed by atoms with Gasteiger partial charge in [0.05, 0.1) is 32.9 Å². The topological polar surface area (TPSA) is 94.5 Å². The van der Waals surface area contributed by atoms with Gasteiger partial charge in [-0.25, -0.2) is 0 Å². The summed E-state index contributed by atoms with van der Waals surface area (Å²) in [5, 5.41) is 11.5. The third-order valence-electron chi connectivity index (χ3n) is 6.32. The maximum atomic E-state index is 13.5. The number of nitrogens with zero attached hydrogens (tertiary/aromatic N) is 1. The number of rotatable bonds is 8. The first kappa shape index (κ1) is 23.4. The average molecular weight is 488 g/mol. The van der Waals surface area contributed by atoms with Crippen molar-refractivity contribution in [3.63, 3.8) is 0 Å². The van der Waals surface area contributed by atoms with Crippen molar-refractivity contribution in [2.75, 3.05) is 25.9 Å². The van der Waals surface area contributed by atoms with Crippen molar-refractivity contribution < 1.29 is 33.6 Å². The van der Waals surface area contributed by atoms with E-state index in [4.69, 9.17) is 18.9 Å². The standard InChI is InChI=1S/C28H25NO7/c1-33-23-11-9-19(14-25(23)34-2)16-29-22-6-4-3-5-21(22)28(32,27(29)31)15-20(30)10-7-18-8-12-24-26(13-18)36-17-35-24/h3-14,32H,15-17H2,1-2H3/b10-7+. The molecule has 3 aromatic rings. The lowest BCUT2D eigenvalue weighted by Gasteiger charge is -2.22. The molecular formula is C28H25NO7. The zero-order valence-electron chi connectivity index (χ0n) is 19.9. The molecule has 2 aliphatic rings. The zero-order chi connectivity index (χ0) is 25.3. The molecule has 1 N–H and O–H groups in total. The van der Waals surface area contributed by atoms with Crippen molar-refractivity contribution in [1.82, 2.24) is 0 Å². The third kappa shape index (κ3) is 4.16. The lowest BCUT2D eigenvalue weighted by atomic mass is 9.89. The van der Waals surface area contributed by atoms with Gasteiger partial charge in [-0.3, -0.25) is 9.59 Å². The Balaban J connectivity index is 1.37. The minimum Gasteiger partial charge on any atom is -0.493 e. The summed E-state index contributed by atoms with van der Waals surface area (Å²) in [4.78, 5) is 27.9. The van der Waals surface area contributed by atoms with Crippen LogP contribution in [0.3, 0.4) is 0 Å². The number of hydrogen-bond donors (Lipinski definition) is 1. The number of methoxy groups -OCH3 is 2. The molecule has 1 atom stereocenters. The number of aliphatic hydroxyl groups is 1. The van der Waals surface area contributed by atoms with Crippen molar-refractivity contribution in [2.45, 2.75) is 18.6 Å². The van der Waals surface area contributed by atoms with Crippen molar-refractivity contribution in [3.8, 4) is 23.0 Å². The van der Waals surface area contributed by atoms with Crippen LogP contribution in [-0.2, 0) is 21.7 Å². The number of amides is 1. The van der Waals surface area contributed by atoms with Gasteiger partial charge in [-0.05, 0) is 47.5 Å². The summed E-state index contributed by atoms with van der Waals surface area (Å²) in [7, 11) is 3.09. The van der Waals surface area contributed by atoms with Gasteiger partial charge < -0.3 is 29.0 Å². The van der Waals surface area contributed by atoms with E-state index in [2.05, 4.69) is 0 Å². The molecule has 8 nitrogen and oxygen atoms in total. The van der Waals surface area contributed by atoms with Crippen LogP contribution in [0.15, 0.2) is 66.7 Å². The van der Waals surface area contributed by atoms with Gasteiger partial charge in [0.25, 0.3) is 5.91 Å². The number of anilines is 1. The Morgan fingerprint density at radius 1 is 1.03 bits per heavy atom. The Morgan fingerprint density at radius 2 is 1.81 bits per heavy atom. The molecule has 0 fully saturated rings. The molecule has 0 aliphatic carbocycles. The predicted molar refractivity (Wildman–Crippen MR) is 132 cm³/mol. The van der Waals surface area contributed by atoms with Crippen LogP contribution >= 0.6 is 0 Å². The molecule has 0 spiro atoms. The normalized spacial score (nSPS) is 18.0. The van der Waals surface area contributed by atoms with Crippen LogP contribution in [0.2, 0.25) is 0 Å². The number of carbonyl (C=O) groups is 2. The molecule has 0 radical (unpaired) electrons. The van der Waals surface area contributed by atoms with Crippen LogP contribution < -0.4 is 23.8 Å². The van der Waals surface area contributed by atoms with Gasteiger partial charge in [-0.1, -0.05) is 36.4 Å². The van der Waals surface area contributed by atoms with E-state index in [0.717, 1.165) is 11.1 Å². The summed E-state index contributed by atoms with van der Waals surface area (Å²) in [6.45, 7) is 0.357. The monoisotopic (exact) mass is 487 g/mol. The van der Waals surface area contributed by atoms with E-state index >= 15 is 0 Å². The molecule has 1 amide bonds. The quantitative estimate of drug-likeness (QED) is 0.483. The molecule has 36 heavy (non-hydrogen) atoms. The highest BCUT2D eigenvalue weighted by Crippen LogP contribution is 2.43. The van der Waals surface area contributed by atoms with E-state index in [1.54, 1.807) is 74.9 Å². The van der Waals surface area contributed by atoms with E-state index in [9.17, 15) is 14.7 Å². The second kappa shape index (κ2) is 9.39. The highest BCUT2D eigenvalue weighted by molar-refractivity contribution is 6.10. The molecule has 8 heteroatoms. The van der Waals surface area contributed by atoms with Gasteiger partial charge in [0, 0.05) is 5.56 Å². The lowest BCUT2D eigenvalue weighted by Crippen LogP contribution is -2.41. The van der Waals surface area contributed by atoms with E-state index in [1.807, 2.05) is 6.07 Å². The summed E-state index contributed by atoms with van der Waals surface area (Å²) in [5.74, 6) is 1.43. The fourth-order valence-corrected chi connectivity index (χ4v) is 4.51. The first-order valence-electron chi connectivity index (χ1n) is 11.4. The molecule has 1 unspecified atom stereocenters. The van der Waals surface area contributed by atoms with Crippen LogP contribution in [0.5, 0.6) is 23.0 Å². The third-order valence-corrected chi connectivity index (χ3v) is 6.32. The molecule has 0 saturated heterocycles. The Morgan fingerprint density at radius 3 is 2.61 bits per heavy atom. The van der Waals surface area contributed by atoms with Crippen molar-refractivity contribution >= 4 is 23.5 Å². The number of para-hydroxylation sites is 1. The van der Waals surface area contributed by atoms with Crippen LogP contribution in [0.25, 0.3) is 6.08 Å². The number of ketones is 1. The Bertz CT molecular complexity index is 1370. The van der Waals surface area contributed by atoms with Crippen LogP contribution in [-0.4, -0.2) is 37.8 Å². The SMILES string of the molecule is COc1ccc(CN2C(=O)C(O)(CC(=O)/C=C/c3ccc4c(c3)OCO4)c3ccccc32)cc1OC. The van der Waals surface area contributed by atoms with Crippen LogP contribution in [0, 0.1) is 0 Å². The molecule has 184 valence electrons. The summed E-state index contributed by atoms with van der Waals surface area (Å²) < 4.78 is 21.3. The predicted octanol–water partition coefficient (Wildman–Crippen LogP) is 3.84. The first-order chi connectivity index (χ1) is 17.4. The van der Waals surface area contributed by atoms with Crippen LogP contribution in [0.1, 0.15) is 23.1 Å². The first-order valence-corrected chi connectivity index (χ1v) is 11.4. The molecule has 0 aromatic heterocycles. The van der Waals surface area contributed by atoms with Gasteiger partial charge >= 0.3 is 0 Å². The van der Waals surface area contributed by atoms with Gasteiger partial charge in [0.2, 0.25) is 6.79 Å². The summed E-state index contributed by atoms with van der Waals surface area (Å²) in [5.41, 5.74) is 0.526. The Hall–Kier alpha value is -4.30. The number of carbonyl (C=O) groups excluding carboxylic acids is 2. The molecule has 2 aliphatic heterocycles. The largest absolute Gasteiger partial charge is 0.493 e. The smallest absolute Gasteiger partial charge is 0.264 e.